The number of ether oxygens (including phenoxy) is 13. The molecule has 26 heteroatoms. The number of aliphatic hydroxyl groups excluding tert-OH is 6. The second-order valence-corrected chi connectivity index (χ2v) is 24.0. The van der Waals surface area contributed by atoms with E-state index < -0.39 is 182 Å². The molecule has 0 amide bonds. The molecule has 0 spiro atoms. The van der Waals surface area contributed by atoms with E-state index in [1.54, 1.807) is 48.5 Å². The van der Waals surface area contributed by atoms with Gasteiger partial charge in [-0.3, -0.25) is 19.2 Å². The molecule has 4 heterocycles. The van der Waals surface area contributed by atoms with Crippen LogP contribution in [0.15, 0.2) is 12.1 Å². The van der Waals surface area contributed by atoms with Crippen LogP contribution in [0.25, 0.3) is 10.8 Å². The third kappa shape index (κ3) is 16.4. The van der Waals surface area contributed by atoms with Crippen molar-refractivity contribution < 1.29 is 127 Å². The zero-order chi connectivity index (χ0) is 64.1. The fourth-order valence-corrected chi connectivity index (χ4v) is 11.9. The Hall–Kier alpha value is -4.30. The molecule has 2 aromatic rings. The first-order chi connectivity index (χ1) is 41.0. The number of fused-ring (bicyclic) bond motifs is 2. The highest BCUT2D eigenvalue weighted by atomic mass is 16.7. The lowest BCUT2D eigenvalue weighted by Crippen LogP contribution is -2.55. The van der Waals surface area contributed by atoms with Crippen molar-refractivity contribution in [1.29, 1.82) is 0 Å². The Kier molecular flexibility index (Phi) is 24.4. The lowest BCUT2D eigenvalue weighted by molar-refractivity contribution is -0.299. The van der Waals surface area contributed by atoms with E-state index in [9.17, 15) is 60.3 Å². The lowest BCUT2D eigenvalue weighted by Gasteiger charge is -2.43. The van der Waals surface area contributed by atoms with Gasteiger partial charge in [-0.25, -0.2) is 0 Å². The van der Waals surface area contributed by atoms with Crippen molar-refractivity contribution in [2.45, 2.75) is 281 Å². The number of carbonyl (C=O) groups excluding carboxylic acids is 4. The monoisotopic (exact) mass is 1240 g/mol. The number of methoxy groups -OCH3 is 1. The molecule has 26 nitrogen and oxygen atoms in total. The number of esters is 2. The maximum Gasteiger partial charge on any atom is 0.306 e. The summed E-state index contributed by atoms with van der Waals surface area (Å²) < 4.78 is 77.9. The number of phenols is 2. The zero-order valence-corrected chi connectivity index (χ0v) is 51.7. The molecule has 9 N–H and O–H groups in total. The third-order valence-electron chi connectivity index (χ3n) is 17.1. The summed E-state index contributed by atoms with van der Waals surface area (Å²) in [4.78, 5) is 54.6. The molecule has 7 rings (SSSR count). The van der Waals surface area contributed by atoms with Crippen molar-refractivity contribution in [2.75, 3.05) is 13.7 Å². The Labute approximate surface area is 506 Å². The number of hydrogen-bond donors (Lipinski definition) is 9. The van der Waals surface area contributed by atoms with E-state index in [-0.39, 0.29) is 91.2 Å². The van der Waals surface area contributed by atoms with Crippen molar-refractivity contribution in [1.82, 2.24) is 0 Å². The number of rotatable bonds is 26. The fraction of sp³-hybridized carbons (Fsp3) is 0.770. The second-order valence-electron chi connectivity index (χ2n) is 24.0. The highest BCUT2D eigenvalue weighted by molar-refractivity contribution is 6.11. The van der Waals surface area contributed by atoms with E-state index in [1.807, 2.05) is 6.92 Å². The van der Waals surface area contributed by atoms with E-state index in [0.717, 1.165) is 0 Å². The predicted octanol–water partition coefficient (Wildman–Crippen LogP) is 3.09. The summed E-state index contributed by atoms with van der Waals surface area (Å²) in [5.41, 5.74) is -1.47. The number of aliphatic hydroxyl groups is 7. The van der Waals surface area contributed by atoms with Crippen LogP contribution in [0.4, 0.5) is 0 Å². The first-order valence-corrected chi connectivity index (χ1v) is 30.4. The molecular formula is C61H92O26. The van der Waals surface area contributed by atoms with Crippen LogP contribution in [0.1, 0.15) is 149 Å². The van der Waals surface area contributed by atoms with Crippen molar-refractivity contribution in [2.24, 2.45) is 5.92 Å². The van der Waals surface area contributed by atoms with Crippen molar-refractivity contribution in [3.8, 4) is 17.2 Å². The Morgan fingerprint density at radius 2 is 1.32 bits per heavy atom. The largest absolute Gasteiger partial charge is 0.507 e. The van der Waals surface area contributed by atoms with Crippen LogP contribution >= 0.6 is 0 Å². The molecule has 0 radical (unpaired) electrons. The minimum absolute atomic E-state index is 0.0179. The third-order valence-corrected chi connectivity index (χ3v) is 17.1. The predicted molar refractivity (Wildman–Crippen MR) is 303 cm³/mol. The standard InChI is InChI=1S/C61H92O26/c1-13-16-41(63)77-31(9)54(69)57(72)58(75-12)35-19-33-18-34-20-37(84-44-22-40(53(68)29(7)79-44)86-45-21-38(51(66)28(6)80-45)83-42(64)17-14-2)26(4)50(65)48(34)55(70)49(33)56(71)59(35)87-46-23-39(52(67)30(8)81-46)85-43(15-3)78-27(5)36(62)25-76-47-24-61(11,74)60(73)32(10)82-47/h18,20,27-32,35-36,38-40,43-47,51-54,58-60,62,65-70,73-74H,13-17,19,21-25H2,1-12H3/t27?,28?,29?,30?,31-,32?,35+,36-,38-,39-,40-,43+,44+,45+,46+,47-,51-,52-,53-,54+,58+,59+,60-,61+/m1/s1. The molecule has 1 aliphatic carbocycles. The summed E-state index contributed by atoms with van der Waals surface area (Å²) >= 11 is 0. The van der Waals surface area contributed by atoms with Gasteiger partial charge in [-0.1, -0.05) is 20.8 Å². The first-order valence-electron chi connectivity index (χ1n) is 30.4. The molecule has 0 saturated carbocycles. The quantitative estimate of drug-likeness (QED) is 0.0483. The number of phenolic OH excluding ortho intramolecular Hbond substituents is 2. The van der Waals surface area contributed by atoms with E-state index in [1.165, 1.54) is 40.0 Å². The molecule has 492 valence electrons. The minimum atomic E-state index is -1.95. The smallest absolute Gasteiger partial charge is 0.306 e. The summed E-state index contributed by atoms with van der Waals surface area (Å²) in [7, 11) is 1.19. The normalized spacial score (nSPS) is 35.1. The van der Waals surface area contributed by atoms with Gasteiger partial charge < -0.3 is 108 Å². The molecule has 87 heavy (non-hydrogen) atoms. The van der Waals surface area contributed by atoms with Crippen LogP contribution in [0.3, 0.4) is 0 Å². The Balaban J connectivity index is 1.13. The Bertz CT molecular complexity index is 2650. The molecule has 2 aromatic carbocycles. The average molecular weight is 1240 g/mol. The van der Waals surface area contributed by atoms with Crippen LogP contribution in [-0.4, -0.2) is 224 Å². The summed E-state index contributed by atoms with van der Waals surface area (Å²) in [6.07, 6.45) is -24.5. The van der Waals surface area contributed by atoms with Crippen LogP contribution in [-0.2, 0) is 77.6 Å². The second kappa shape index (κ2) is 30.2. The number of carbonyl (C=O) groups is 4. The highest BCUT2D eigenvalue weighted by Crippen LogP contribution is 2.47. The van der Waals surface area contributed by atoms with Gasteiger partial charge in [0.05, 0.1) is 65.9 Å². The van der Waals surface area contributed by atoms with Gasteiger partial charge >= 0.3 is 11.9 Å². The molecule has 5 unspecified atom stereocenters. The van der Waals surface area contributed by atoms with Gasteiger partial charge in [0, 0.05) is 57.1 Å². The number of hydrogen-bond acceptors (Lipinski definition) is 26. The highest BCUT2D eigenvalue weighted by Gasteiger charge is 2.51. The maximum atomic E-state index is 15.3. The Morgan fingerprint density at radius 3 is 1.94 bits per heavy atom. The van der Waals surface area contributed by atoms with Gasteiger partial charge in [-0.15, -0.1) is 0 Å². The molecule has 0 bridgehead atoms. The van der Waals surface area contributed by atoms with Crippen LogP contribution < -0.4 is 4.74 Å². The van der Waals surface area contributed by atoms with E-state index in [0.29, 0.717) is 12.8 Å². The van der Waals surface area contributed by atoms with Gasteiger partial charge in [0.25, 0.3) is 0 Å². The maximum absolute atomic E-state index is 15.3. The summed E-state index contributed by atoms with van der Waals surface area (Å²) in [6, 6.07) is 3.03. The van der Waals surface area contributed by atoms with E-state index in [2.05, 4.69) is 0 Å². The van der Waals surface area contributed by atoms with Gasteiger partial charge in [-0.05, 0) is 104 Å². The van der Waals surface area contributed by atoms with Gasteiger partial charge in [-0.2, -0.15) is 0 Å². The van der Waals surface area contributed by atoms with Crippen molar-refractivity contribution >= 4 is 34.3 Å². The van der Waals surface area contributed by atoms with Gasteiger partial charge in [0.15, 0.2) is 42.8 Å². The van der Waals surface area contributed by atoms with Crippen LogP contribution in [0.2, 0.25) is 0 Å². The molecule has 24 atom stereocenters. The van der Waals surface area contributed by atoms with Crippen molar-refractivity contribution in [3.05, 3.63) is 28.8 Å². The topological polar surface area (TPSA) is 370 Å². The molecule has 4 fully saturated rings. The summed E-state index contributed by atoms with van der Waals surface area (Å²) in [6.45, 7) is 17.3. The average Bonchev–Trinajstić information content (AvgIpc) is 0.810. The van der Waals surface area contributed by atoms with Crippen molar-refractivity contribution in [3.63, 3.8) is 0 Å². The number of Topliss-reactive ketones (excluding diaryl/α,β-unsaturated/α-hetero) is 2. The SMILES string of the molecule is CCCC(=O)O[C@H](C)[C@H](O)C(=O)[C@@H](OC)[C@@H]1Cc2cc3cc(O[C@H]4C[C@@H](O[C@H]5C[C@@H](OC(=O)CCC)[C@H](O)C(C)O5)[C@H](O)C(C)O4)c(C)c(O)c3c(O)c2C(=O)[C@H]1O[C@H]1C[C@@H](O[C@@H](CC)OC(C)[C@H](O)CO[C@H]2C[C@](C)(O)[C@H](O)C(C)O2)[C@H](O)C(C)O1. The lowest BCUT2D eigenvalue weighted by atomic mass is 9.75. The van der Waals surface area contributed by atoms with Crippen LogP contribution in [0.5, 0.6) is 17.2 Å². The number of benzene rings is 2. The minimum Gasteiger partial charge on any atom is -0.507 e. The van der Waals surface area contributed by atoms with Crippen LogP contribution in [0, 0.1) is 12.8 Å². The summed E-state index contributed by atoms with van der Waals surface area (Å²) in [5.74, 6) is -5.30. The molecule has 0 aromatic heterocycles. The molecule has 4 aliphatic heterocycles. The van der Waals surface area contributed by atoms with E-state index in [4.69, 9.17) is 61.6 Å². The number of aromatic hydroxyl groups is 2. The zero-order valence-electron chi connectivity index (χ0n) is 51.7. The first kappa shape index (κ1) is 70.2. The fourth-order valence-electron chi connectivity index (χ4n) is 11.9. The molecular weight excluding hydrogens is 1150 g/mol. The molecule has 5 aliphatic rings. The summed E-state index contributed by atoms with van der Waals surface area (Å²) in [5, 5.41) is 101. The van der Waals surface area contributed by atoms with Gasteiger partial charge in [0.2, 0.25) is 6.29 Å². The Morgan fingerprint density at radius 1 is 0.747 bits per heavy atom. The number of ketones is 2. The molecule has 4 saturated heterocycles. The van der Waals surface area contributed by atoms with E-state index >= 15 is 4.79 Å². The van der Waals surface area contributed by atoms with Gasteiger partial charge in [0.1, 0.15) is 72.2 Å².